The van der Waals surface area contributed by atoms with Gasteiger partial charge in [-0.15, -0.1) is 0 Å². The molecule has 3 nitrogen and oxygen atoms in total. The molecule has 0 aromatic heterocycles. The normalized spacial score (nSPS) is 23.6. The van der Waals surface area contributed by atoms with E-state index in [1.54, 1.807) is 0 Å². The van der Waals surface area contributed by atoms with Gasteiger partial charge in [0, 0.05) is 5.69 Å². The number of anilines is 1. The molecule has 0 atom stereocenters. The van der Waals surface area contributed by atoms with Crippen LogP contribution in [0.2, 0.25) is 0 Å². The van der Waals surface area contributed by atoms with Gasteiger partial charge in [-0.3, -0.25) is 4.79 Å². The Kier molecular flexibility index (Phi) is 3.45. The van der Waals surface area contributed by atoms with E-state index in [4.69, 9.17) is 5.73 Å². The van der Waals surface area contributed by atoms with Gasteiger partial charge in [-0.1, -0.05) is 31.0 Å². The molecule has 0 bridgehead atoms. The van der Waals surface area contributed by atoms with E-state index in [0.717, 1.165) is 31.4 Å². The van der Waals surface area contributed by atoms with Crippen LogP contribution in [0.1, 0.15) is 51.4 Å². The first-order chi connectivity index (χ1) is 9.64. The number of benzene rings is 1. The Morgan fingerprint density at radius 3 is 2.10 bits per heavy atom. The first-order valence-corrected chi connectivity index (χ1v) is 7.77. The molecule has 0 unspecified atom stereocenters. The van der Waals surface area contributed by atoms with Crippen LogP contribution in [0.25, 0.3) is 0 Å². The number of nitrogens with one attached hydrogen (secondary N) is 1. The van der Waals surface area contributed by atoms with Crippen molar-refractivity contribution in [2.45, 2.75) is 56.9 Å². The highest BCUT2D eigenvalue weighted by atomic mass is 16.1. The molecule has 2 fully saturated rings. The summed E-state index contributed by atoms with van der Waals surface area (Å²) in [6.45, 7) is 0. The van der Waals surface area contributed by atoms with Gasteiger partial charge in [-0.25, -0.2) is 0 Å². The predicted molar refractivity (Wildman–Crippen MR) is 81.4 cm³/mol. The predicted octanol–water partition coefficient (Wildman–Crippen LogP) is 3.46. The van der Waals surface area contributed by atoms with Crippen LogP contribution in [0.15, 0.2) is 30.3 Å². The Morgan fingerprint density at radius 2 is 1.55 bits per heavy atom. The Bertz CT molecular complexity index is 467. The Hall–Kier alpha value is -1.51. The first-order valence-electron chi connectivity index (χ1n) is 7.77. The zero-order chi connectivity index (χ0) is 14.1. The molecule has 3 N–H and O–H groups in total. The maximum absolute atomic E-state index is 12.0. The molecule has 2 aliphatic carbocycles. The van der Waals surface area contributed by atoms with E-state index in [1.165, 1.54) is 25.7 Å². The molecule has 1 amide bonds. The summed E-state index contributed by atoms with van der Waals surface area (Å²) in [7, 11) is 0. The number of hydrogen-bond acceptors (Lipinski definition) is 2. The van der Waals surface area contributed by atoms with Crippen molar-refractivity contribution in [3.63, 3.8) is 0 Å². The summed E-state index contributed by atoms with van der Waals surface area (Å²) in [5.41, 5.74) is 6.69. The lowest BCUT2D eigenvalue weighted by Crippen LogP contribution is -2.54. The summed E-state index contributed by atoms with van der Waals surface area (Å²) in [6, 6.07) is 9.96. The summed E-state index contributed by atoms with van der Waals surface area (Å²) >= 11 is 0. The smallest absolute Gasteiger partial charge is 0.243 e. The number of rotatable bonds is 3. The molecule has 108 valence electrons. The minimum Gasteiger partial charge on any atom is -0.371 e. The summed E-state index contributed by atoms with van der Waals surface area (Å²) in [5, 5.41) is 3.43. The van der Waals surface area contributed by atoms with Crippen molar-refractivity contribution in [2.75, 3.05) is 5.32 Å². The summed E-state index contributed by atoms with van der Waals surface area (Å²) < 4.78 is 0. The van der Waals surface area contributed by atoms with Crippen LogP contribution in [0.3, 0.4) is 0 Å². The van der Waals surface area contributed by atoms with Gasteiger partial charge in [0.05, 0.1) is 0 Å². The van der Waals surface area contributed by atoms with Crippen molar-refractivity contribution in [3.05, 3.63) is 30.3 Å². The molecule has 1 aromatic rings. The fraction of sp³-hybridized carbons (Fsp3) is 0.588. The van der Waals surface area contributed by atoms with Gasteiger partial charge in [0.25, 0.3) is 0 Å². The number of carbonyl (C=O) groups excluding carboxylic acids is 1. The first kappa shape index (κ1) is 13.5. The van der Waals surface area contributed by atoms with Crippen LogP contribution >= 0.6 is 0 Å². The minimum atomic E-state index is -0.546. The van der Waals surface area contributed by atoms with Gasteiger partial charge in [-0.2, -0.15) is 0 Å². The van der Waals surface area contributed by atoms with Crippen LogP contribution in [0, 0.1) is 5.41 Å². The van der Waals surface area contributed by atoms with Crippen LogP contribution in [0.4, 0.5) is 5.69 Å². The lowest BCUT2D eigenvalue weighted by Gasteiger charge is -2.44. The van der Waals surface area contributed by atoms with E-state index in [9.17, 15) is 4.79 Å². The minimum absolute atomic E-state index is 0.200. The number of primary amides is 1. The lowest BCUT2D eigenvalue weighted by molar-refractivity contribution is -0.124. The Morgan fingerprint density at radius 1 is 0.950 bits per heavy atom. The van der Waals surface area contributed by atoms with Gasteiger partial charge in [0.2, 0.25) is 5.91 Å². The topological polar surface area (TPSA) is 55.1 Å². The molecule has 20 heavy (non-hydrogen) atoms. The Balaban J connectivity index is 1.75. The molecular weight excluding hydrogens is 248 g/mol. The molecule has 1 aromatic carbocycles. The summed E-state index contributed by atoms with van der Waals surface area (Å²) in [6.07, 6.45) is 9.41. The third-order valence-electron chi connectivity index (χ3n) is 5.46. The molecule has 2 saturated carbocycles. The second-order valence-corrected chi connectivity index (χ2v) is 6.64. The van der Waals surface area contributed by atoms with Crippen molar-refractivity contribution in [1.29, 1.82) is 0 Å². The summed E-state index contributed by atoms with van der Waals surface area (Å²) in [4.78, 5) is 12.0. The van der Waals surface area contributed by atoms with Gasteiger partial charge in [-0.05, 0) is 56.1 Å². The van der Waals surface area contributed by atoms with E-state index >= 15 is 0 Å². The number of nitrogens with two attached hydrogens (primary N) is 1. The molecular formula is C17H24N2O. The van der Waals surface area contributed by atoms with E-state index in [0.29, 0.717) is 5.41 Å². The van der Waals surface area contributed by atoms with Crippen LogP contribution < -0.4 is 11.1 Å². The largest absolute Gasteiger partial charge is 0.371 e. The maximum atomic E-state index is 12.0. The SMILES string of the molecule is NC(=O)C1(Nc2ccccc2)CCC2(CCCC2)CC1. The van der Waals surface area contributed by atoms with Gasteiger partial charge < -0.3 is 11.1 Å². The molecule has 0 radical (unpaired) electrons. The zero-order valence-electron chi connectivity index (χ0n) is 12.0. The van der Waals surface area contributed by atoms with Crippen LogP contribution in [-0.4, -0.2) is 11.4 Å². The fourth-order valence-electron chi connectivity index (χ4n) is 4.06. The number of amides is 1. The quantitative estimate of drug-likeness (QED) is 0.885. The monoisotopic (exact) mass is 272 g/mol. The second-order valence-electron chi connectivity index (χ2n) is 6.64. The average Bonchev–Trinajstić information content (AvgIpc) is 2.91. The molecule has 3 heteroatoms. The molecule has 0 saturated heterocycles. The van der Waals surface area contributed by atoms with E-state index in [2.05, 4.69) is 5.32 Å². The van der Waals surface area contributed by atoms with Gasteiger partial charge in [0.1, 0.15) is 5.54 Å². The van der Waals surface area contributed by atoms with Crippen LogP contribution in [0.5, 0.6) is 0 Å². The van der Waals surface area contributed by atoms with Crippen molar-refractivity contribution >= 4 is 11.6 Å². The number of para-hydroxylation sites is 1. The number of hydrogen-bond donors (Lipinski definition) is 2. The molecule has 0 heterocycles. The zero-order valence-corrected chi connectivity index (χ0v) is 12.0. The molecule has 1 spiro atoms. The molecule has 2 aliphatic rings. The lowest BCUT2D eigenvalue weighted by atomic mass is 9.66. The average molecular weight is 272 g/mol. The third-order valence-corrected chi connectivity index (χ3v) is 5.46. The molecule has 0 aliphatic heterocycles. The fourth-order valence-corrected chi connectivity index (χ4v) is 4.06. The van der Waals surface area contributed by atoms with Crippen LogP contribution in [-0.2, 0) is 4.79 Å². The van der Waals surface area contributed by atoms with Crippen molar-refractivity contribution in [2.24, 2.45) is 11.1 Å². The van der Waals surface area contributed by atoms with Crippen molar-refractivity contribution in [1.82, 2.24) is 0 Å². The highest BCUT2D eigenvalue weighted by molar-refractivity contribution is 5.88. The van der Waals surface area contributed by atoms with Crippen molar-refractivity contribution < 1.29 is 4.79 Å². The Labute approximate surface area is 120 Å². The highest BCUT2D eigenvalue weighted by Crippen LogP contribution is 2.51. The second kappa shape index (κ2) is 5.12. The third kappa shape index (κ3) is 2.41. The van der Waals surface area contributed by atoms with Gasteiger partial charge in [0.15, 0.2) is 0 Å². The summed E-state index contributed by atoms with van der Waals surface area (Å²) in [5.74, 6) is -0.200. The maximum Gasteiger partial charge on any atom is 0.243 e. The number of carbonyl (C=O) groups is 1. The molecule has 3 rings (SSSR count). The van der Waals surface area contributed by atoms with E-state index in [1.807, 2.05) is 30.3 Å². The van der Waals surface area contributed by atoms with Gasteiger partial charge >= 0.3 is 0 Å². The van der Waals surface area contributed by atoms with E-state index in [-0.39, 0.29) is 5.91 Å². The highest BCUT2D eigenvalue weighted by Gasteiger charge is 2.46. The standard InChI is InChI=1S/C17H24N2O/c18-15(20)17(19-14-6-2-1-3-7-14)12-10-16(11-13-17)8-4-5-9-16/h1-3,6-7,19H,4-5,8-13H2,(H2,18,20). The van der Waals surface area contributed by atoms with Crippen molar-refractivity contribution in [3.8, 4) is 0 Å². The van der Waals surface area contributed by atoms with E-state index < -0.39 is 5.54 Å².